The van der Waals surface area contributed by atoms with Crippen molar-refractivity contribution in [2.75, 3.05) is 7.11 Å². The van der Waals surface area contributed by atoms with Crippen LogP contribution in [0.5, 0.6) is 0 Å². The fraction of sp³-hybridized carbons (Fsp3) is 0.214. The molecular weight excluding hydrogens is 296 g/mol. The minimum Gasteiger partial charge on any atom is -0.465 e. The average Bonchev–Trinajstić information content (AvgIpc) is 2.50. The SMILES string of the molecule is COC(=O)c1ccc(COCn2cc(Cl)cnc2=O)cc1. The molecule has 0 aliphatic carbocycles. The van der Waals surface area contributed by atoms with Crippen LogP contribution in [0.4, 0.5) is 0 Å². The van der Waals surface area contributed by atoms with Crippen molar-refractivity contribution in [3.8, 4) is 0 Å². The first-order valence-electron chi connectivity index (χ1n) is 6.07. The van der Waals surface area contributed by atoms with E-state index in [0.717, 1.165) is 5.56 Å². The number of hydrogen-bond donors (Lipinski definition) is 0. The molecule has 0 saturated carbocycles. The number of methoxy groups -OCH3 is 1. The third kappa shape index (κ3) is 4.14. The van der Waals surface area contributed by atoms with Crippen molar-refractivity contribution in [1.82, 2.24) is 9.55 Å². The first-order valence-corrected chi connectivity index (χ1v) is 6.45. The summed E-state index contributed by atoms with van der Waals surface area (Å²) >= 11 is 5.75. The van der Waals surface area contributed by atoms with Crippen molar-refractivity contribution in [1.29, 1.82) is 0 Å². The molecule has 2 rings (SSSR count). The molecule has 0 aliphatic heterocycles. The molecule has 0 aliphatic rings. The summed E-state index contributed by atoms with van der Waals surface area (Å²) in [6.45, 7) is 0.339. The van der Waals surface area contributed by atoms with Crippen LogP contribution in [0.15, 0.2) is 41.5 Å². The van der Waals surface area contributed by atoms with Crippen molar-refractivity contribution in [2.24, 2.45) is 0 Å². The molecule has 0 radical (unpaired) electrons. The molecule has 2 aromatic rings. The number of esters is 1. The van der Waals surface area contributed by atoms with Crippen LogP contribution in [0.25, 0.3) is 0 Å². The topological polar surface area (TPSA) is 70.4 Å². The van der Waals surface area contributed by atoms with Crippen molar-refractivity contribution < 1.29 is 14.3 Å². The third-order valence-electron chi connectivity index (χ3n) is 2.70. The van der Waals surface area contributed by atoms with Gasteiger partial charge in [0.2, 0.25) is 0 Å². The molecule has 0 saturated heterocycles. The highest BCUT2D eigenvalue weighted by molar-refractivity contribution is 6.30. The molecule has 6 nitrogen and oxygen atoms in total. The zero-order valence-electron chi connectivity index (χ0n) is 11.3. The van der Waals surface area contributed by atoms with Crippen LogP contribution in [-0.4, -0.2) is 22.6 Å². The van der Waals surface area contributed by atoms with Gasteiger partial charge in [-0.3, -0.25) is 4.57 Å². The summed E-state index contributed by atoms with van der Waals surface area (Å²) in [7, 11) is 1.33. The third-order valence-corrected chi connectivity index (χ3v) is 2.89. The number of benzene rings is 1. The predicted octanol–water partition coefficient (Wildman–Crippen LogP) is 1.86. The van der Waals surface area contributed by atoms with Gasteiger partial charge in [0.15, 0.2) is 0 Å². The average molecular weight is 309 g/mol. The van der Waals surface area contributed by atoms with Gasteiger partial charge in [0, 0.05) is 6.20 Å². The highest BCUT2D eigenvalue weighted by atomic mass is 35.5. The van der Waals surface area contributed by atoms with Gasteiger partial charge in [0.1, 0.15) is 6.73 Å². The van der Waals surface area contributed by atoms with E-state index in [1.807, 2.05) is 0 Å². The van der Waals surface area contributed by atoms with E-state index in [1.165, 1.54) is 24.1 Å². The van der Waals surface area contributed by atoms with Gasteiger partial charge in [0.05, 0.1) is 30.5 Å². The molecule has 0 fully saturated rings. The first kappa shape index (κ1) is 15.2. The van der Waals surface area contributed by atoms with E-state index in [2.05, 4.69) is 9.72 Å². The van der Waals surface area contributed by atoms with Crippen LogP contribution in [0.2, 0.25) is 5.02 Å². The van der Waals surface area contributed by atoms with E-state index in [-0.39, 0.29) is 12.7 Å². The molecule has 1 aromatic carbocycles. The van der Waals surface area contributed by atoms with Gasteiger partial charge in [-0.1, -0.05) is 23.7 Å². The zero-order chi connectivity index (χ0) is 15.2. The number of carbonyl (C=O) groups excluding carboxylic acids is 1. The number of carbonyl (C=O) groups is 1. The summed E-state index contributed by atoms with van der Waals surface area (Å²) in [5.41, 5.74) is 0.905. The molecule has 7 heteroatoms. The molecule has 0 spiro atoms. The molecule has 0 atom stereocenters. The standard InChI is InChI=1S/C14H13ClN2O4/c1-20-13(18)11-4-2-10(3-5-11)8-21-9-17-7-12(15)6-16-14(17)19/h2-7H,8-9H2,1H3. The summed E-state index contributed by atoms with van der Waals surface area (Å²) in [5.74, 6) is -0.390. The lowest BCUT2D eigenvalue weighted by atomic mass is 10.1. The summed E-state index contributed by atoms with van der Waals surface area (Å²) in [6, 6.07) is 6.81. The number of nitrogens with zero attached hydrogens (tertiary/aromatic N) is 2. The Labute approximate surface area is 125 Å². The molecule has 1 heterocycles. The van der Waals surface area contributed by atoms with Crippen LogP contribution < -0.4 is 5.69 Å². The summed E-state index contributed by atoms with van der Waals surface area (Å²) in [6.07, 6.45) is 2.74. The number of halogens is 1. The zero-order valence-corrected chi connectivity index (χ0v) is 12.0. The molecule has 21 heavy (non-hydrogen) atoms. The quantitative estimate of drug-likeness (QED) is 0.788. The van der Waals surface area contributed by atoms with E-state index in [4.69, 9.17) is 16.3 Å². The van der Waals surface area contributed by atoms with Crippen LogP contribution in [0.3, 0.4) is 0 Å². The largest absolute Gasteiger partial charge is 0.465 e. The Bertz CT molecular complexity index is 682. The number of aromatic nitrogens is 2. The van der Waals surface area contributed by atoms with Gasteiger partial charge in [-0.15, -0.1) is 0 Å². The lowest BCUT2D eigenvalue weighted by Crippen LogP contribution is -2.23. The van der Waals surface area contributed by atoms with Gasteiger partial charge in [-0.2, -0.15) is 4.98 Å². The lowest BCUT2D eigenvalue weighted by molar-refractivity contribution is 0.0593. The Balaban J connectivity index is 1.93. The van der Waals surface area contributed by atoms with Crippen molar-refractivity contribution in [3.63, 3.8) is 0 Å². The van der Waals surface area contributed by atoms with Crippen molar-refractivity contribution in [3.05, 3.63) is 63.3 Å². The van der Waals surface area contributed by atoms with E-state index >= 15 is 0 Å². The van der Waals surface area contributed by atoms with Crippen molar-refractivity contribution >= 4 is 17.6 Å². The van der Waals surface area contributed by atoms with Crippen molar-refractivity contribution in [2.45, 2.75) is 13.3 Å². The Hall–Kier alpha value is -2.18. The Kier molecular flexibility index (Phi) is 5.08. The molecule has 110 valence electrons. The molecule has 1 aromatic heterocycles. The van der Waals surface area contributed by atoms with Gasteiger partial charge in [-0.05, 0) is 17.7 Å². The Morgan fingerprint density at radius 2 is 2.05 bits per heavy atom. The minimum absolute atomic E-state index is 0.0468. The summed E-state index contributed by atoms with van der Waals surface area (Å²) < 4.78 is 11.3. The Morgan fingerprint density at radius 3 is 2.71 bits per heavy atom. The van der Waals surface area contributed by atoms with E-state index in [9.17, 15) is 9.59 Å². The molecule has 0 amide bonds. The highest BCUT2D eigenvalue weighted by Crippen LogP contribution is 2.07. The monoisotopic (exact) mass is 308 g/mol. The maximum atomic E-state index is 11.4. The normalized spacial score (nSPS) is 10.4. The second kappa shape index (κ2) is 7.01. The van der Waals surface area contributed by atoms with Gasteiger partial charge >= 0.3 is 11.7 Å². The molecule has 0 unspecified atom stereocenters. The second-order valence-corrected chi connectivity index (χ2v) is 4.63. The van der Waals surface area contributed by atoms with Crippen LogP contribution in [-0.2, 0) is 22.8 Å². The number of hydrogen-bond acceptors (Lipinski definition) is 5. The van der Waals surface area contributed by atoms with Crippen LogP contribution in [0, 0.1) is 0 Å². The van der Waals surface area contributed by atoms with Gasteiger partial charge < -0.3 is 9.47 Å². The van der Waals surface area contributed by atoms with Gasteiger partial charge in [0.25, 0.3) is 0 Å². The smallest absolute Gasteiger partial charge is 0.349 e. The lowest BCUT2D eigenvalue weighted by Gasteiger charge is -2.07. The molecule has 0 N–H and O–H groups in total. The van der Waals surface area contributed by atoms with Gasteiger partial charge in [-0.25, -0.2) is 9.59 Å². The summed E-state index contributed by atoms with van der Waals surface area (Å²) in [4.78, 5) is 26.3. The first-order chi connectivity index (χ1) is 10.1. The number of ether oxygens (including phenoxy) is 2. The van der Waals surface area contributed by atoms with E-state index in [0.29, 0.717) is 17.2 Å². The minimum atomic E-state index is -0.430. The predicted molar refractivity (Wildman–Crippen MR) is 76.1 cm³/mol. The molecule has 0 bridgehead atoms. The van der Waals surface area contributed by atoms with Crippen LogP contribution >= 0.6 is 11.6 Å². The number of rotatable bonds is 5. The second-order valence-electron chi connectivity index (χ2n) is 4.19. The fourth-order valence-corrected chi connectivity index (χ4v) is 1.80. The highest BCUT2D eigenvalue weighted by Gasteiger charge is 2.04. The maximum absolute atomic E-state index is 11.4. The van der Waals surface area contributed by atoms with E-state index < -0.39 is 5.69 Å². The fourth-order valence-electron chi connectivity index (χ4n) is 1.64. The van der Waals surface area contributed by atoms with E-state index in [1.54, 1.807) is 24.3 Å². The Morgan fingerprint density at radius 1 is 1.33 bits per heavy atom. The molecular formula is C14H13ClN2O4. The summed E-state index contributed by atoms with van der Waals surface area (Å²) in [5, 5.41) is 0.362. The maximum Gasteiger partial charge on any atom is 0.349 e. The van der Waals surface area contributed by atoms with Crippen LogP contribution in [0.1, 0.15) is 15.9 Å².